The minimum absolute atomic E-state index is 0. The Balaban J connectivity index is 0.00000180. The van der Waals surface area contributed by atoms with E-state index in [1.165, 1.54) is 24.0 Å². The molecule has 1 atom stereocenters. The minimum Gasteiger partial charge on any atom is -0.655 e. The van der Waals surface area contributed by atoms with Crippen molar-refractivity contribution in [3.63, 3.8) is 0 Å². The van der Waals surface area contributed by atoms with Gasteiger partial charge in [0.1, 0.15) is 0 Å². The molecule has 0 bridgehead atoms. The first kappa shape index (κ1) is 17.8. The molecule has 0 aromatic heterocycles. The predicted octanol–water partition coefficient (Wildman–Crippen LogP) is 0.614. The monoisotopic (exact) mass is 284 g/mol. The van der Waals surface area contributed by atoms with Crippen molar-refractivity contribution < 1.29 is 51.4 Å². The zero-order valence-corrected chi connectivity index (χ0v) is 16.0. The summed E-state index contributed by atoms with van der Waals surface area (Å²) >= 11 is 0. The summed E-state index contributed by atoms with van der Waals surface area (Å²) in [6.07, 6.45) is 2.50. The molecule has 0 spiro atoms. The molecular formula is C16H25KN2. The van der Waals surface area contributed by atoms with Gasteiger partial charge in [-0.2, -0.15) is 0 Å². The Morgan fingerprint density at radius 2 is 1.89 bits per heavy atom. The molecule has 1 aromatic rings. The largest absolute Gasteiger partial charge is 1.00 e. The number of benzene rings is 1. The van der Waals surface area contributed by atoms with Crippen LogP contribution in [0.1, 0.15) is 44.7 Å². The van der Waals surface area contributed by atoms with Gasteiger partial charge < -0.3 is 10.6 Å². The molecule has 1 fully saturated rings. The van der Waals surface area contributed by atoms with Crippen LogP contribution in [-0.2, 0) is 12.0 Å². The Bertz CT molecular complexity index is 361. The van der Waals surface area contributed by atoms with Crippen LogP contribution in [0.15, 0.2) is 24.3 Å². The van der Waals surface area contributed by atoms with E-state index in [9.17, 15) is 0 Å². The first-order valence-corrected chi connectivity index (χ1v) is 7.02. The summed E-state index contributed by atoms with van der Waals surface area (Å²) < 4.78 is 0. The second kappa shape index (κ2) is 8.28. The summed E-state index contributed by atoms with van der Waals surface area (Å²) in [4.78, 5) is 0. The molecule has 0 saturated carbocycles. The van der Waals surface area contributed by atoms with E-state index in [1.807, 2.05) is 0 Å². The second-order valence-electron chi connectivity index (χ2n) is 6.29. The van der Waals surface area contributed by atoms with E-state index in [0.29, 0.717) is 6.04 Å². The normalized spacial score (nSPS) is 19.8. The molecule has 2 nitrogen and oxygen atoms in total. The van der Waals surface area contributed by atoms with Gasteiger partial charge in [0.2, 0.25) is 0 Å². The quantitative estimate of drug-likeness (QED) is 0.809. The number of hydrogen-bond acceptors (Lipinski definition) is 1. The average molecular weight is 284 g/mol. The van der Waals surface area contributed by atoms with Crippen LogP contribution >= 0.6 is 0 Å². The van der Waals surface area contributed by atoms with Gasteiger partial charge in [0.25, 0.3) is 0 Å². The van der Waals surface area contributed by atoms with Gasteiger partial charge >= 0.3 is 51.4 Å². The maximum absolute atomic E-state index is 4.78. The first-order chi connectivity index (χ1) is 8.55. The van der Waals surface area contributed by atoms with Gasteiger partial charge in [0, 0.05) is 0 Å². The van der Waals surface area contributed by atoms with Gasteiger partial charge in [-0.25, -0.2) is 0 Å². The molecule has 0 aliphatic carbocycles. The number of nitrogens with zero attached hydrogens (tertiary/aromatic N) is 1. The molecule has 1 aliphatic heterocycles. The van der Waals surface area contributed by atoms with Crippen LogP contribution < -0.4 is 56.7 Å². The van der Waals surface area contributed by atoms with Crippen molar-refractivity contribution in [2.24, 2.45) is 0 Å². The second-order valence-corrected chi connectivity index (χ2v) is 6.29. The molecule has 1 heterocycles. The summed E-state index contributed by atoms with van der Waals surface area (Å²) in [5.74, 6) is 0. The van der Waals surface area contributed by atoms with Gasteiger partial charge in [-0.3, -0.25) is 0 Å². The minimum atomic E-state index is 0. The summed E-state index contributed by atoms with van der Waals surface area (Å²) in [5.41, 5.74) is 2.96. The fourth-order valence-corrected chi connectivity index (χ4v) is 2.33. The van der Waals surface area contributed by atoms with Gasteiger partial charge in [0.05, 0.1) is 0 Å². The Hall–Kier alpha value is 0.776. The van der Waals surface area contributed by atoms with Crippen LogP contribution in [0.25, 0.3) is 5.32 Å². The van der Waals surface area contributed by atoms with Gasteiger partial charge in [0.15, 0.2) is 0 Å². The van der Waals surface area contributed by atoms with Crippen LogP contribution in [0.2, 0.25) is 0 Å². The summed E-state index contributed by atoms with van der Waals surface area (Å²) in [6.45, 7) is 9.82. The Kier molecular flexibility index (Phi) is 7.76. The molecule has 0 unspecified atom stereocenters. The fraction of sp³-hybridized carbons (Fsp3) is 0.625. The molecule has 0 radical (unpaired) electrons. The predicted molar refractivity (Wildman–Crippen MR) is 78.1 cm³/mol. The Morgan fingerprint density at radius 3 is 2.42 bits per heavy atom. The number of nitrogens with one attached hydrogen (secondary N) is 1. The Labute approximate surface area is 160 Å². The molecule has 0 amide bonds. The Morgan fingerprint density at radius 1 is 1.21 bits per heavy atom. The first-order valence-electron chi connectivity index (χ1n) is 7.02. The van der Waals surface area contributed by atoms with Crippen LogP contribution in [0.3, 0.4) is 0 Å². The van der Waals surface area contributed by atoms with Crippen LogP contribution in [0, 0.1) is 0 Å². The summed E-state index contributed by atoms with van der Waals surface area (Å²) in [7, 11) is 0. The van der Waals surface area contributed by atoms with Crippen LogP contribution in [0.4, 0.5) is 0 Å². The number of rotatable bonds is 3. The smallest absolute Gasteiger partial charge is 0.655 e. The van der Waals surface area contributed by atoms with E-state index >= 15 is 0 Å². The third-order valence-corrected chi connectivity index (χ3v) is 3.62. The van der Waals surface area contributed by atoms with E-state index < -0.39 is 0 Å². The van der Waals surface area contributed by atoms with Gasteiger partial charge in [-0.15, -0.1) is 12.6 Å². The van der Waals surface area contributed by atoms with Crippen molar-refractivity contribution in [3.05, 3.63) is 40.7 Å². The van der Waals surface area contributed by atoms with Gasteiger partial charge in [-0.1, -0.05) is 57.0 Å². The van der Waals surface area contributed by atoms with Crippen molar-refractivity contribution in [1.82, 2.24) is 5.32 Å². The third kappa shape index (κ3) is 5.96. The van der Waals surface area contributed by atoms with Gasteiger partial charge in [-0.05, 0) is 30.5 Å². The molecule has 3 heteroatoms. The van der Waals surface area contributed by atoms with Crippen molar-refractivity contribution in [2.75, 3.05) is 13.1 Å². The van der Waals surface area contributed by atoms with Crippen molar-refractivity contribution in [2.45, 2.75) is 51.6 Å². The summed E-state index contributed by atoms with van der Waals surface area (Å²) in [6, 6.07) is 9.44. The molecule has 2 rings (SSSR count). The molecule has 1 N–H and O–H groups in total. The third-order valence-electron chi connectivity index (χ3n) is 3.62. The molecule has 1 aliphatic rings. The van der Waals surface area contributed by atoms with Crippen molar-refractivity contribution >= 4 is 0 Å². The molecular weight excluding hydrogens is 259 g/mol. The van der Waals surface area contributed by atoms with Crippen LogP contribution in [-0.4, -0.2) is 19.1 Å². The maximum atomic E-state index is 4.78. The van der Waals surface area contributed by atoms with E-state index in [2.05, 4.69) is 50.4 Å². The molecule has 19 heavy (non-hydrogen) atoms. The van der Waals surface area contributed by atoms with Crippen molar-refractivity contribution in [3.8, 4) is 0 Å². The zero-order valence-electron chi connectivity index (χ0n) is 12.9. The SMILES string of the molecule is CC(C)(C)c1ccc(C[N-][C@@H]2CCCNC2)cc1.[K+]. The zero-order chi connectivity index (χ0) is 13.0. The molecule has 1 aromatic carbocycles. The van der Waals surface area contributed by atoms with Crippen LogP contribution in [0.5, 0.6) is 0 Å². The standard InChI is InChI=1S/C16H25N2.K/c1-16(2,3)14-8-6-13(7-9-14)11-18-15-5-4-10-17-12-15;/h6-9,15,17H,4-5,10-12H2,1-3H3;/q-1;+1/t15-;/m1./s1. The summed E-state index contributed by atoms with van der Waals surface area (Å²) in [5, 5.41) is 8.19. The fourth-order valence-electron chi connectivity index (χ4n) is 2.33. The van der Waals surface area contributed by atoms with E-state index in [4.69, 9.17) is 5.32 Å². The number of hydrogen-bond donors (Lipinski definition) is 1. The number of piperidine rings is 1. The van der Waals surface area contributed by atoms with E-state index in [1.54, 1.807) is 0 Å². The van der Waals surface area contributed by atoms with E-state index in [0.717, 1.165) is 19.6 Å². The van der Waals surface area contributed by atoms with Crippen molar-refractivity contribution in [1.29, 1.82) is 0 Å². The average Bonchev–Trinajstić information content (AvgIpc) is 2.37. The van der Waals surface area contributed by atoms with E-state index in [-0.39, 0.29) is 56.8 Å². The maximum Gasteiger partial charge on any atom is 1.00 e. The topological polar surface area (TPSA) is 26.1 Å². The molecule has 1 saturated heterocycles. The molecule has 100 valence electrons.